The van der Waals surface area contributed by atoms with Gasteiger partial charge in [0.1, 0.15) is 5.75 Å². The molecule has 34 heavy (non-hydrogen) atoms. The summed E-state index contributed by atoms with van der Waals surface area (Å²) in [7, 11) is -3.49. The minimum atomic E-state index is -3.49. The van der Waals surface area contributed by atoms with Crippen molar-refractivity contribution in [3.05, 3.63) is 70.7 Å². The maximum absolute atomic E-state index is 13.1. The molecule has 2 heterocycles. The third-order valence-corrected chi connectivity index (χ3v) is 8.89. The topological polar surface area (TPSA) is 62.7 Å². The van der Waals surface area contributed by atoms with E-state index in [2.05, 4.69) is 43.2 Å². The van der Waals surface area contributed by atoms with Crippen LogP contribution in [0.3, 0.4) is 0 Å². The molecule has 0 atom stereocenters. The van der Waals surface area contributed by atoms with Crippen molar-refractivity contribution in [1.82, 2.24) is 9.29 Å². The number of rotatable bonds is 7. The SMILES string of the molecule is CCOc1ccc(Cc2csc(N3CCN(S(=O)(=O)c4ccc(C(C)(C)C)cc4)CC3)n2)cc1. The third kappa shape index (κ3) is 5.62. The Morgan fingerprint density at radius 3 is 2.21 bits per heavy atom. The lowest BCUT2D eigenvalue weighted by molar-refractivity contribution is 0.340. The Bertz CT molecular complexity index is 1190. The van der Waals surface area contributed by atoms with Crippen LogP contribution in [0.5, 0.6) is 5.75 Å². The summed E-state index contributed by atoms with van der Waals surface area (Å²) in [5, 5.41) is 3.04. The number of benzene rings is 2. The quantitative estimate of drug-likeness (QED) is 0.461. The normalized spacial score (nSPS) is 15.5. The second-order valence-electron chi connectivity index (χ2n) is 9.54. The Hall–Kier alpha value is -2.42. The zero-order valence-corrected chi connectivity index (χ0v) is 22.0. The van der Waals surface area contributed by atoms with Gasteiger partial charge in [0.15, 0.2) is 5.13 Å². The van der Waals surface area contributed by atoms with Crippen molar-refractivity contribution < 1.29 is 13.2 Å². The van der Waals surface area contributed by atoms with Gasteiger partial charge in [0.05, 0.1) is 17.2 Å². The minimum Gasteiger partial charge on any atom is -0.494 e. The van der Waals surface area contributed by atoms with Gasteiger partial charge in [-0.25, -0.2) is 13.4 Å². The first-order valence-corrected chi connectivity index (χ1v) is 14.0. The van der Waals surface area contributed by atoms with E-state index in [1.165, 1.54) is 5.56 Å². The van der Waals surface area contributed by atoms with Gasteiger partial charge in [-0.2, -0.15) is 4.31 Å². The summed E-state index contributed by atoms with van der Waals surface area (Å²) in [5.41, 5.74) is 3.33. The average Bonchev–Trinajstić information content (AvgIpc) is 3.29. The van der Waals surface area contributed by atoms with Crippen LogP contribution in [-0.2, 0) is 21.9 Å². The van der Waals surface area contributed by atoms with Crippen molar-refractivity contribution in [2.75, 3.05) is 37.7 Å². The Morgan fingerprint density at radius 2 is 1.62 bits per heavy atom. The summed E-state index contributed by atoms with van der Waals surface area (Å²) in [6.45, 7) is 11.2. The van der Waals surface area contributed by atoms with Crippen LogP contribution >= 0.6 is 11.3 Å². The molecule has 1 aromatic heterocycles. The van der Waals surface area contributed by atoms with E-state index in [4.69, 9.17) is 9.72 Å². The number of sulfonamides is 1. The largest absolute Gasteiger partial charge is 0.494 e. The van der Waals surface area contributed by atoms with Crippen LogP contribution in [0.1, 0.15) is 44.5 Å². The molecule has 1 aliphatic heterocycles. The molecule has 3 aromatic rings. The predicted octanol–water partition coefficient (Wildman–Crippen LogP) is 4.94. The van der Waals surface area contributed by atoms with Gasteiger partial charge in [0, 0.05) is 38.0 Å². The highest BCUT2D eigenvalue weighted by Crippen LogP contribution is 2.27. The number of ether oxygens (including phenoxy) is 1. The van der Waals surface area contributed by atoms with Gasteiger partial charge in [-0.05, 0) is 47.7 Å². The smallest absolute Gasteiger partial charge is 0.243 e. The molecule has 0 unspecified atom stereocenters. The van der Waals surface area contributed by atoms with E-state index in [0.717, 1.165) is 28.6 Å². The fraction of sp³-hybridized carbons (Fsp3) is 0.423. The zero-order chi connectivity index (χ0) is 24.3. The lowest BCUT2D eigenvalue weighted by Gasteiger charge is -2.33. The molecule has 4 rings (SSSR count). The highest BCUT2D eigenvalue weighted by molar-refractivity contribution is 7.89. The molecule has 8 heteroatoms. The summed E-state index contributed by atoms with van der Waals surface area (Å²) in [6.07, 6.45) is 0.766. The number of hydrogen-bond acceptors (Lipinski definition) is 6. The van der Waals surface area contributed by atoms with Gasteiger partial charge in [0.25, 0.3) is 0 Å². The fourth-order valence-electron chi connectivity index (χ4n) is 4.00. The van der Waals surface area contributed by atoms with Crippen LogP contribution in [0.4, 0.5) is 5.13 Å². The maximum Gasteiger partial charge on any atom is 0.243 e. The van der Waals surface area contributed by atoms with Crippen molar-refractivity contribution in [3.63, 3.8) is 0 Å². The van der Waals surface area contributed by atoms with Crippen LogP contribution in [0.2, 0.25) is 0 Å². The number of nitrogens with zero attached hydrogens (tertiary/aromatic N) is 3. The van der Waals surface area contributed by atoms with E-state index in [-0.39, 0.29) is 5.41 Å². The molecule has 0 bridgehead atoms. The first-order valence-electron chi connectivity index (χ1n) is 11.7. The summed E-state index contributed by atoms with van der Waals surface area (Å²) in [5.74, 6) is 0.878. The van der Waals surface area contributed by atoms with Crippen molar-refractivity contribution in [3.8, 4) is 5.75 Å². The minimum absolute atomic E-state index is 0.00655. The predicted molar refractivity (Wildman–Crippen MR) is 139 cm³/mol. The molecule has 0 aliphatic carbocycles. The van der Waals surface area contributed by atoms with Crippen LogP contribution in [0, 0.1) is 0 Å². The molecule has 0 saturated carbocycles. The van der Waals surface area contributed by atoms with Crippen molar-refractivity contribution >= 4 is 26.5 Å². The van der Waals surface area contributed by atoms with Crippen molar-refractivity contribution in [1.29, 1.82) is 0 Å². The van der Waals surface area contributed by atoms with Crippen molar-refractivity contribution in [2.45, 2.75) is 44.4 Å². The molecule has 6 nitrogen and oxygen atoms in total. The van der Waals surface area contributed by atoms with Gasteiger partial charge >= 0.3 is 0 Å². The molecule has 182 valence electrons. The molecule has 2 aromatic carbocycles. The van der Waals surface area contributed by atoms with Gasteiger partial charge in [0.2, 0.25) is 10.0 Å². The summed E-state index contributed by atoms with van der Waals surface area (Å²) in [4.78, 5) is 7.35. The van der Waals surface area contributed by atoms with Crippen LogP contribution in [-0.4, -0.2) is 50.5 Å². The first kappa shape index (κ1) is 24.7. The van der Waals surface area contributed by atoms with Gasteiger partial charge < -0.3 is 9.64 Å². The number of hydrogen-bond donors (Lipinski definition) is 0. The Morgan fingerprint density at radius 1 is 0.971 bits per heavy atom. The van der Waals surface area contributed by atoms with Crippen LogP contribution in [0.15, 0.2) is 58.8 Å². The number of aromatic nitrogens is 1. The third-order valence-electron chi connectivity index (χ3n) is 6.03. The van der Waals surface area contributed by atoms with Crippen LogP contribution in [0.25, 0.3) is 0 Å². The molecule has 0 amide bonds. The number of anilines is 1. The second kappa shape index (κ2) is 10.1. The highest BCUT2D eigenvalue weighted by atomic mass is 32.2. The molecular formula is C26H33N3O3S2. The molecule has 1 saturated heterocycles. The Labute approximate surface area is 207 Å². The number of piperazine rings is 1. The van der Waals surface area contributed by atoms with E-state index in [0.29, 0.717) is 37.7 Å². The molecule has 0 spiro atoms. The van der Waals surface area contributed by atoms with E-state index in [9.17, 15) is 8.42 Å². The molecule has 0 radical (unpaired) electrons. The zero-order valence-electron chi connectivity index (χ0n) is 20.3. The maximum atomic E-state index is 13.1. The molecule has 1 aliphatic rings. The fourth-order valence-corrected chi connectivity index (χ4v) is 6.30. The van der Waals surface area contributed by atoms with E-state index < -0.39 is 10.0 Å². The number of thiazole rings is 1. The van der Waals surface area contributed by atoms with E-state index in [1.807, 2.05) is 31.2 Å². The molecule has 0 N–H and O–H groups in total. The lowest BCUT2D eigenvalue weighted by Crippen LogP contribution is -2.48. The molecule has 1 fully saturated rings. The lowest BCUT2D eigenvalue weighted by atomic mass is 9.87. The van der Waals surface area contributed by atoms with Gasteiger partial charge in [-0.1, -0.05) is 45.0 Å². The average molecular weight is 500 g/mol. The van der Waals surface area contributed by atoms with Crippen molar-refractivity contribution in [2.24, 2.45) is 0 Å². The van der Waals surface area contributed by atoms with Gasteiger partial charge in [-0.3, -0.25) is 0 Å². The first-order chi connectivity index (χ1) is 16.2. The van der Waals surface area contributed by atoms with Crippen LogP contribution < -0.4 is 9.64 Å². The Kier molecular flexibility index (Phi) is 7.31. The second-order valence-corrected chi connectivity index (χ2v) is 12.3. The highest BCUT2D eigenvalue weighted by Gasteiger charge is 2.29. The standard InChI is InChI=1S/C26H33N3O3S2/c1-5-32-23-10-6-20(7-11-23)18-22-19-33-25(27-22)28-14-16-29(17-15-28)34(30,31)24-12-8-21(9-13-24)26(2,3)4/h6-13,19H,5,14-18H2,1-4H3. The van der Waals surface area contributed by atoms with E-state index >= 15 is 0 Å². The molecular weight excluding hydrogens is 466 g/mol. The van der Waals surface area contributed by atoms with Gasteiger partial charge in [-0.15, -0.1) is 11.3 Å². The Balaban J connectivity index is 1.36. The van der Waals surface area contributed by atoms with E-state index in [1.54, 1.807) is 27.8 Å². The monoisotopic (exact) mass is 499 g/mol. The summed E-state index contributed by atoms with van der Waals surface area (Å²) >= 11 is 1.62. The summed E-state index contributed by atoms with van der Waals surface area (Å²) in [6, 6.07) is 15.4. The summed E-state index contributed by atoms with van der Waals surface area (Å²) < 4.78 is 33.4.